The molecule has 0 aromatic heterocycles. The van der Waals surface area contributed by atoms with E-state index in [0.717, 1.165) is 0 Å². The van der Waals surface area contributed by atoms with E-state index >= 15 is 0 Å². The Labute approximate surface area is 83.6 Å². The van der Waals surface area contributed by atoms with Crippen LogP contribution >= 0.6 is 0 Å². The Balaban J connectivity index is 0.00000121. The number of hydrogen-bond donors (Lipinski definition) is 0. The zero-order valence-electron chi connectivity index (χ0n) is 6.37. The van der Waals surface area contributed by atoms with Gasteiger partial charge in [0.1, 0.15) is 0 Å². The zero-order valence-corrected chi connectivity index (χ0v) is 8.01. The first-order valence-electron chi connectivity index (χ1n) is 3.26. The van der Waals surface area contributed by atoms with E-state index in [1.807, 2.05) is 0 Å². The Bertz CT molecular complexity index is 153. The van der Waals surface area contributed by atoms with Gasteiger partial charge in [-0.2, -0.15) is 0 Å². The zero-order chi connectivity index (χ0) is 8.10. The third-order valence-corrected chi connectivity index (χ3v) is 1.22. The number of esters is 1. The predicted octanol–water partition coefficient (Wildman–Crippen LogP) is 0.237. The van der Waals surface area contributed by atoms with Crippen molar-refractivity contribution in [3.8, 4) is 0 Å². The van der Waals surface area contributed by atoms with Crippen LogP contribution in [0.5, 0.6) is 0 Å². The van der Waals surface area contributed by atoms with Gasteiger partial charge >= 0.3 is 0 Å². The van der Waals surface area contributed by atoms with Crippen molar-refractivity contribution in [2.45, 2.75) is 12.7 Å². The fourth-order valence-corrected chi connectivity index (χ4v) is 0.700. The average molecular weight is 260 g/mol. The minimum Gasteiger partial charge on any atom is -0.461 e. The van der Waals surface area contributed by atoms with Crippen LogP contribution in [-0.2, 0) is 38.5 Å². The van der Waals surface area contributed by atoms with Crippen LogP contribution in [-0.4, -0.2) is 25.7 Å². The molecule has 0 aromatic carbocycles. The van der Waals surface area contributed by atoms with Gasteiger partial charge in [0.2, 0.25) is 6.29 Å². The normalized spacial score (nSPS) is 22.2. The van der Waals surface area contributed by atoms with Crippen LogP contribution in [0.2, 0.25) is 0 Å². The third kappa shape index (κ3) is 3.95. The molecule has 1 radical (unpaired) electrons. The van der Waals surface area contributed by atoms with E-state index in [0.29, 0.717) is 13.0 Å². The standard InChI is InChI=1S/C7H9O4.Rh/c1-2-6(8)11-7-3-4-9-5-10-7;/h7H,1,3-5H2;/q-1;. The number of ether oxygens (including phenoxy) is 3. The summed E-state index contributed by atoms with van der Waals surface area (Å²) < 4.78 is 14.5. The fourth-order valence-electron chi connectivity index (χ4n) is 0.700. The van der Waals surface area contributed by atoms with Gasteiger partial charge in [-0.1, -0.05) is 0 Å². The average Bonchev–Trinajstić information content (AvgIpc) is 2.06. The molecule has 0 amide bonds. The van der Waals surface area contributed by atoms with Gasteiger partial charge < -0.3 is 20.3 Å². The van der Waals surface area contributed by atoms with Crippen molar-refractivity contribution in [2.24, 2.45) is 0 Å². The molecule has 4 nitrogen and oxygen atoms in total. The number of carbonyl (C=O) groups excluding carboxylic acids is 1. The summed E-state index contributed by atoms with van der Waals surface area (Å²) in [6, 6.07) is 0. The molecular weight excluding hydrogens is 251 g/mol. The summed E-state index contributed by atoms with van der Waals surface area (Å²) >= 11 is 0. The minimum atomic E-state index is -0.586. The Kier molecular flexibility index (Phi) is 6.16. The molecule has 0 N–H and O–H groups in total. The summed E-state index contributed by atoms with van der Waals surface area (Å²) in [6.07, 6.45) is 2.15. The Morgan fingerprint density at radius 1 is 1.67 bits per heavy atom. The molecule has 1 heterocycles. The Morgan fingerprint density at radius 3 is 2.92 bits per heavy atom. The van der Waals surface area contributed by atoms with Gasteiger partial charge in [-0.25, -0.2) is 0 Å². The van der Waals surface area contributed by atoms with Crippen molar-refractivity contribution in [3.05, 3.63) is 12.7 Å². The van der Waals surface area contributed by atoms with E-state index in [9.17, 15) is 4.79 Å². The van der Waals surface area contributed by atoms with Crippen molar-refractivity contribution in [2.75, 3.05) is 13.4 Å². The van der Waals surface area contributed by atoms with Crippen LogP contribution in [0.3, 0.4) is 0 Å². The van der Waals surface area contributed by atoms with E-state index in [-0.39, 0.29) is 26.3 Å². The first-order valence-corrected chi connectivity index (χ1v) is 3.26. The van der Waals surface area contributed by atoms with E-state index in [1.54, 1.807) is 0 Å². The monoisotopic (exact) mass is 260 g/mol. The second kappa shape index (κ2) is 6.29. The van der Waals surface area contributed by atoms with Crippen molar-refractivity contribution in [1.29, 1.82) is 0 Å². The van der Waals surface area contributed by atoms with Crippen LogP contribution in [0.1, 0.15) is 6.42 Å². The molecule has 0 aliphatic carbocycles. The van der Waals surface area contributed by atoms with Gasteiger partial charge in [0, 0.05) is 25.9 Å². The Morgan fingerprint density at radius 2 is 2.42 bits per heavy atom. The van der Waals surface area contributed by atoms with E-state index < -0.39 is 12.3 Å². The molecule has 1 rings (SSSR count). The van der Waals surface area contributed by atoms with Crippen molar-refractivity contribution in [3.63, 3.8) is 0 Å². The Hall–Kier alpha value is -0.247. The topological polar surface area (TPSA) is 44.8 Å². The second-order valence-corrected chi connectivity index (χ2v) is 1.99. The molecule has 71 valence electrons. The third-order valence-electron chi connectivity index (χ3n) is 1.22. The van der Waals surface area contributed by atoms with Gasteiger partial charge in [0.05, 0.1) is 6.61 Å². The van der Waals surface area contributed by atoms with Gasteiger partial charge in [0.15, 0.2) is 12.8 Å². The number of rotatable bonds is 2. The quantitative estimate of drug-likeness (QED) is 0.309. The van der Waals surface area contributed by atoms with Crippen LogP contribution in [0.4, 0.5) is 0 Å². The second-order valence-electron chi connectivity index (χ2n) is 1.99. The molecule has 5 heteroatoms. The molecule has 1 unspecified atom stereocenters. The van der Waals surface area contributed by atoms with Crippen molar-refractivity contribution >= 4 is 5.97 Å². The molecule has 1 saturated heterocycles. The van der Waals surface area contributed by atoms with Crippen LogP contribution in [0.15, 0.2) is 6.58 Å². The molecule has 1 atom stereocenters. The fraction of sp³-hybridized carbons (Fsp3) is 0.571. The van der Waals surface area contributed by atoms with E-state index in [1.165, 1.54) is 0 Å². The predicted molar refractivity (Wildman–Crippen MR) is 35.3 cm³/mol. The van der Waals surface area contributed by atoms with E-state index in [4.69, 9.17) is 14.2 Å². The maximum absolute atomic E-state index is 10.6. The number of hydrogen-bond acceptors (Lipinski definition) is 4. The minimum absolute atomic E-state index is 0. The summed E-state index contributed by atoms with van der Waals surface area (Å²) in [7, 11) is 0. The molecule has 0 bridgehead atoms. The smallest absolute Gasteiger partial charge is 0.204 e. The largest absolute Gasteiger partial charge is 0.461 e. The first kappa shape index (κ1) is 11.8. The molecule has 1 aliphatic heterocycles. The van der Waals surface area contributed by atoms with Crippen LogP contribution in [0, 0.1) is 6.08 Å². The van der Waals surface area contributed by atoms with Crippen LogP contribution in [0.25, 0.3) is 0 Å². The molecule has 1 aliphatic rings. The molecule has 12 heavy (non-hydrogen) atoms. The molecule has 1 fully saturated rings. The van der Waals surface area contributed by atoms with Crippen molar-refractivity contribution < 1.29 is 38.5 Å². The summed E-state index contributed by atoms with van der Waals surface area (Å²) in [5, 5.41) is 0. The molecule has 0 saturated carbocycles. The van der Waals surface area contributed by atoms with Gasteiger partial charge in [-0.15, -0.1) is 0 Å². The maximum atomic E-state index is 10.6. The summed E-state index contributed by atoms with van der Waals surface area (Å²) in [5.41, 5.74) is 0. The van der Waals surface area contributed by atoms with Gasteiger partial charge in [0.25, 0.3) is 0 Å². The van der Waals surface area contributed by atoms with Gasteiger partial charge in [-0.3, -0.25) is 11.4 Å². The summed E-state index contributed by atoms with van der Waals surface area (Å²) in [6.45, 7) is 3.87. The number of carbonyl (C=O) groups is 1. The van der Waals surface area contributed by atoms with E-state index in [2.05, 4.69) is 12.7 Å². The molecular formula is C7H9O4Rh-. The SMILES string of the molecule is C=[C-]C(=O)OC1CCOCO1.[Rh]. The summed E-state index contributed by atoms with van der Waals surface area (Å²) in [4.78, 5) is 10.6. The van der Waals surface area contributed by atoms with Crippen LogP contribution < -0.4 is 0 Å². The maximum Gasteiger partial charge on any atom is 0.204 e. The summed E-state index contributed by atoms with van der Waals surface area (Å²) in [5.74, 6) is -0.586. The molecule has 0 aromatic rings. The molecule has 0 spiro atoms. The van der Waals surface area contributed by atoms with Crippen molar-refractivity contribution in [1.82, 2.24) is 0 Å². The first-order chi connectivity index (χ1) is 5.33. The van der Waals surface area contributed by atoms with Gasteiger partial charge in [-0.05, 0) is 0 Å².